The summed E-state index contributed by atoms with van der Waals surface area (Å²) in [5.74, 6) is -10.3. The molecule has 1 saturated heterocycles. The van der Waals surface area contributed by atoms with E-state index in [4.69, 9.17) is 51.6 Å². The molecule has 101 heavy (non-hydrogen) atoms. The van der Waals surface area contributed by atoms with Gasteiger partial charge in [0.2, 0.25) is 65.0 Å². The molecule has 0 unspecified atom stereocenters. The Morgan fingerprint density at radius 2 is 0.970 bits per heavy atom. The van der Waals surface area contributed by atoms with Gasteiger partial charge in [-0.05, 0) is 131 Å². The van der Waals surface area contributed by atoms with Crippen LogP contribution in [-0.2, 0) is 65.6 Å². The lowest BCUT2D eigenvalue weighted by Gasteiger charge is -2.32. The second-order valence-corrected chi connectivity index (χ2v) is 25.9. The summed E-state index contributed by atoms with van der Waals surface area (Å²) in [6.07, 6.45) is 2.88. The van der Waals surface area contributed by atoms with Crippen molar-refractivity contribution in [3.05, 3.63) is 65.7 Å². The number of amides is 11. The molecular formula is C67H112N22O12. The molecule has 11 amide bonds. The number of rotatable bonds is 46. The predicted molar refractivity (Wildman–Crippen MR) is 383 cm³/mol. The van der Waals surface area contributed by atoms with Gasteiger partial charge in [0, 0.05) is 32.6 Å². The third-order valence-corrected chi connectivity index (χ3v) is 17.2. The summed E-state index contributed by atoms with van der Waals surface area (Å²) in [6, 6.07) is 2.30. The topological polar surface area (TPSA) is 591 Å². The normalized spacial score (nSPS) is 15.9. The Morgan fingerprint density at radius 3 is 1.48 bits per heavy atom. The van der Waals surface area contributed by atoms with E-state index in [2.05, 4.69) is 62.8 Å². The zero-order valence-corrected chi connectivity index (χ0v) is 59.2. The third kappa shape index (κ3) is 31.5. The van der Waals surface area contributed by atoms with E-state index >= 15 is 0 Å². The van der Waals surface area contributed by atoms with Crippen LogP contribution in [0.5, 0.6) is 5.75 Å². The molecule has 1 fully saturated rings. The number of aliphatic imine (C=N–C) groups is 3. The summed E-state index contributed by atoms with van der Waals surface area (Å²) >= 11 is 0. The minimum atomic E-state index is -1.44. The van der Waals surface area contributed by atoms with E-state index in [1.807, 2.05) is 0 Å². The zero-order chi connectivity index (χ0) is 75.3. The zero-order valence-electron chi connectivity index (χ0n) is 59.2. The molecule has 12 atom stereocenters. The molecule has 1 heterocycles. The molecule has 1 aliphatic heterocycles. The van der Waals surface area contributed by atoms with Crippen LogP contribution in [0.4, 0.5) is 0 Å². The second-order valence-electron chi connectivity index (χ2n) is 25.9. The molecule has 2 aromatic carbocycles. The van der Waals surface area contributed by atoms with Crippen molar-refractivity contribution in [3.63, 3.8) is 0 Å². The first-order valence-corrected chi connectivity index (χ1v) is 34.6. The number of nitrogens with zero attached hydrogens (tertiary/aromatic N) is 4. The summed E-state index contributed by atoms with van der Waals surface area (Å²) < 4.78 is 0. The Kier molecular flexibility index (Phi) is 38.0. The number of carbonyl (C=O) groups excluding carboxylic acids is 11. The van der Waals surface area contributed by atoms with Gasteiger partial charge in [0.05, 0.1) is 12.6 Å². The Morgan fingerprint density at radius 1 is 0.515 bits per heavy atom. The lowest BCUT2D eigenvalue weighted by Crippen LogP contribution is -2.61. The van der Waals surface area contributed by atoms with Crippen LogP contribution in [0.2, 0.25) is 0 Å². The van der Waals surface area contributed by atoms with Crippen LogP contribution in [0, 0.1) is 17.8 Å². The highest BCUT2D eigenvalue weighted by atomic mass is 16.3. The summed E-state index contributed by atoms with van der Waals surface area (Å²) in [6.45, 7) is 10.6. The summed E-state index contributed by atoms with van der Waals surface area (Å²) in [5.41, 5.74) is 52.4. The van der Waals surface area contributed by atoms with Gasteiger partial charge in [-0.3, -0.25) is 67.7 Å². The predicted octanol–water partition coefficient (Wildman–Crippen LogP) is -3.60. The van der Waals surface area contributed by atoms with Crippen LogP contribution in [0.1, 0.15) is 143 Å². The van der Waals surface area contributed by atoms with Crippen LogP contribution in [0.25, 0.3) is 0 Å². The van der Waals surface area contributed by atoms with Gasteiger partial charge >= 0.3 is 0 Å². The first-order valence-electron chi connectivity index (χ1n) is 34.6. The number of guanidine groups is 3. The highest BCUT2D eigenvalue weighted by Gasteiger charge is 2.41. The second kappa shape index (κ2) is 45.0. The van der Waals surface area contributed by atoms with E-state index in [-0.39, 0.29) is 126 Å². The molecule has 0 spiro atoms. The van der Waals surface area contributed by atoms with Crippen LogP contribution >= 0.6 is 0 Å². The van der Waals surface area contributed by atoms with E-state index in [9.17, 15) is 57.8 Å². The van der Waals surface area contributed by atoms with E-state index in [1.54, 1.807) is 84.0 Å². The number of carbonyl (C=O) groups is 11. The summed E-state index contributed by atoms with van der Waals surface area (Å²) in [5, 5.41) is 34.2. The SMILES string of the molecule is CC[C@@H](C)[C@@H](NC(=O)CNC(=O)[C@@H](N)Cc1ccc(O)cc1)C(=O)N[C@@H](Cc1ccccc1)C(=O)N[C@@H](CC(C)C)C(=O)N[C@@H](CCCN=C(N)N)C(=O)N[C@@H](CCCN=C(N)N)C(=O)N[C@H](C(=O)N[C@@H](CCCN=C(N)N)C(=O)N1CCC[C@@H]1C(=O)N[C@@H](CCCCN)C(N)=O)[C@@H](C)CC. The number of benzene rings is 2. The molecule has 0 radical (unpaired) electrons. The molecule has 3 rings (SSSR count). The molecule has 1 aliphatic rings. The van der Waals surface area contributed by atoms with Crippen molar-refractivity contribution in [1.29, 1.82) is 0 Å². The number of hydrogen-bond donors (Lipinski definition) is 19. The van der Waals surface area contributed by atoms with Crippen molar-refractivity contribution in [1.82, 2.24) is 52.8 Å². The van der Waals surface area contributed by atoms with Crippen LogP contribution < -0.4 is 99.5 Å². The number of phenols is 1. The van der Waals surface area contributed by atoms with Crippen molar-refractivity contribution in [2.45, 2.75) is 205 Å². The van der Waals surface area contributed by atoms with E-state index < -0.39 is 144 Å². The molecule has 0 bridgehead atoms. The number of unbranched alkanes of at least 4 members (excludes halogenated alkanes) is 1. The Balaban J connectivity index is 1.98. The van der Waals surface area contributed by atoms with E-state index in [0.29, 0.717) is 49.8 Å². The van der Waals surface area contributed by atoms with Gasteiger partial charge in [-0.2, -0.15) is 0 Å². The largest absolute Gasteiger partial charge is 0.508 e. The van der Waals surface area contributed by atoms with Gasteiger partial charge in [0.25, 0.3) is 0 Å². The molecule has 0 saturated carbocycles. The van der Waals surface area contributed by atoms with Crippen LogP contribution in [0.3, 0.4) is 0 Å². The van der Waals surface area contributed by atoms with E-state index in [0.717, 1.165) is 0 Å². The summed E-state index contributed by atoms with van der Waals surface area (Å²) in [4.78, 5) is 169. The molecule has 2 aromatic rings. The van der Waals surface area contributed by atoms with Gasteiger partial charge in [0.15, 0.2) is 17.9 Å². The Hall–Kier alpha value is -9.86. The number of primary amides is 1. The molecular weight excluding hydrogens is 1300 g/mol. The number of phenolic OH excluding ortho intramolecular Hbond substituents is 1. The fourth-order valence-corrected chi connectivity index (χ4v) is 11.1. The van der Waals surface area contributed by atoms with Crippen molar-refractivity contribution in [2.24, 2.45) is 84.3 Å². The third-order valence-electron chi connectivity index (χ3n) is 17.2. The van der Waals surface area contributed by atoms with Crippen molar-refractivity contribution >= 4 is 82.9 Å². The van der Waals surface area contributed by atoms with Crippen LogP contribution in [-0.4, -0.2) is 193 Å². The van der Waals surface area contributed by atoms with Gasteiger partial charge in [-0.15, -0.1) is 0 Å². The number of hydrogen-bond acceptors (Lipinski definition) is 17. The maximum atomic E-state index is 14.9. The first-order chi connectivity index (χ1) is 47.9. The Bertz CT molecular complexity index is 3110. The summed E-state index contributed by atoms with van der Waals surface area (Å²) in [7, 11) is 0. The molecule has 28 N–H and O–H groups in total. The number of likely N-dealkylation sites (tertiary alicyclic amines) is 1. The number of nitrogens with one attached hydrogen (secondary N) is 9. The standard InChI is InChI=1S/C67H112N22O12/c1-7-39(5)53(87-52(91)37-80-56(93)44(69)35-42-25-27-43(90)28-26-42)62(99)86-50(36-41-18-10-9-11-19-41)60(97)85-49(34-38(3)4)59(96)83-46(21-14-30-77-65(71)72)57(94)82-47(22-15-31-78-66(73)74)58(95)88-54(40(6)8-2)63(100)84-48(23-16-32-79-67(75)76)64(101)89-33-17-24-51(89)61(98)81-45(55(70)92)20-12-13-29-68/h9-11,18-19,25-28,38-40,44-51,53-54,90H,7-8,12-17,20-24,29-37,68-69H2,1-6H3,(H2,70,92)(H,80,93)(H,81,98)(H,82,94)(H,83,96)(H,84,100)(H,85,97)(H,86,99)(H,87,91)(H,88,95)(H4,71,72,77)(H4,73,74,78)(H4,75,76,79)/t39-,40+,44+,45+,46+,47+,48+,49+,50+,51-,53-,54+/m1/s1. The maximum absolute atomic E-state index is 14.9. The average molecular weight is 1420 g/mol. The van der Waals surface area contributed by atoms with Gasteiger partial charge in [-0.1, -0.05) is 96.8 Å². The molecule has 34 nitrogen and oxygen atoms in total. The first kappa shape index (κ1) is 85.4. The number of aromatic hydroxyl groups is 1. The van der Waals surface area contributed by atoms with Gasteiger partial charge in [-0.25, -0.2) is 0 Å². The minimum Gasteiger partial charge on any atom is -0.508 e. The van der Waals surface area contributed by atoms with Crippen molar-refractivity contribution < 1.29 is 57.8 Å². The fraction of sp³-hybridized carbons (Fsp3) is 0.612. The monoisotopic (exact) mass is 1420 g/mol. The van der Waals surface area contributed by atoms with Crippen molar-refractivity contribution in [2.75, 3.05) is 39.3 Å². The highest BCUT2D eigenvalue weighted by Crippen LogP contribution is 2.22. The van der Waals surface area contributed by atoms with E-state index in [1.165, 1.54) is 17.0 Å². The molecule has 562 valence electrons. The average Bonchev–Trinajstić information content (AvgIpc) is 1.79. The fourth-order valence-electron chi connectivity index (χ4n) is 11.1. The van der Waals surface area contributed by atoms with Gasteiger partial charge in [0.1, 0.15) is 60.1 Å². The lowest BCUT2D eigenvalue weighted by atomic mass is 9.96. The quantitative estimate of drug-likeness (QED) is 0.0173. The Labute approximate surface area is 591 Å². The minimum absolute atomic E-state index is 0.000889. The van der Waals surface area contributed by atoms with Gasteiger partial charge < -0.3 is 109 Å². The molecule has 34 heteroatoms. The molecule has 0 aliphatic carbocycles. The number of nitrogens with two attached hydrogens (primary N) is 9. The lowest BCUT2D eigenvalue weighted by molar-refractivity contribution is -0.142. The maximum Gasteiger partial charge on any atom is 0.245 e. The smallest absolute Gasteiger partial charge is 0.245 e. The highest BCUT2D eigenvalue weighted by molar-refractivity contribution is 5.99. The molecule has 0 aromatic heterocycles. The van der Waals surface area contributed by atoms with Crippen LogP contribution in [0.15, 0.2) is 69.6 Å². The van der Waals surface area contributed by atoms with Crippen molar-refractivity contribution in [3.8, 4) is 5.75 Å².